The van der Waals surface area contributed by atoms with Crippen molar-refractivity contribution in [2.45, 2.75) is 53.4 Å². The molecule has 0 aliphatic rings. The minimum absolute atomic E-state index is 1.18. The van der Waals surface area contributed by atoms with Crippen LogP contribution in [0.3, 0.4) is 0 Å². The molecular weight excluding hydrogens is 134 g/mol. The second kappa shape index (κ2) is 16.5. The Morgan fingerprint density at radius 1 is 0.818 bits per heavy atom. The normalized spacial score (nSPS) is 8.73. The van der Waals surface area contributed by atoms with Crippen molar-refractivity contribution in [1.82, 2.24) is 5.32 Å². The molecule has 0 unspecified atom stereocenters. The fourth-order valence-corrected chi connectivity index (χ4v) is 0.802. The average Bonchev–Trinajstić information content (AvgIpc) is 2.08. The first kappa shape index (κ1) is 13.5. The largest absolute Gasteiger partial charge is 0.317 e. The maximum atomic E-state index is 3.37. The molecule has 0 atom stereocenters. The summed E-state index contributed by atoms with van der Waals surface area (Å²) in [5.41, 5.74) is 0. The van der Waals surface area contributed by atoms with Gasteiger partial charge in [-0.25, -0.2) is 0 Å². The van der Waals surface area contributed by atoms with Gasteiger partial charge in [0, 0.05) is 0 Å². The Labute approximate surface area is 72.6 Å². The fraction of sp³-hybridized carbons (Fsp3) is 1.00. The van der Waals surface area contributed by atoms with Crippen LogP contribution in [0, 0.1) is 0 Å². The number of hydrogen-bond donors (Lipinski definition) is 1. The Balaban J connectivity index is 0. The van der Waals surface area contributed by atoms with Gasteiger partial charge in [0.05, 0.1) is 0 Å². The summed E-state index contributed by atoms with van der Waals surface area (Å²) in [6, 6.07) is 0. The van der Waals surface area contributed by atoms with Crippen LogP contribution in [0.15, 0.2) is 0 Å². The van der Waals surface area contributed by atoms with Crippen molar-refractivity contribution < 1.29 is 0 Å². The van der Waals surface area contributed by atoms with Crippen molar-refractivity contribution >= 4 is 0 Å². The molecule has 0 bridgehead atoms. The standard InChI is InChI=1S/C8H19N.C2H6/c1-3-5-6-8-9-7-4-2;1-2/h9H,3-8H2,1-2H3;1-2H3. The zero-order valence-electron chi connectivity index (χ0n) is 8.74. The van der Waals surface area contributed by atoms with E-state index in [1.54, 1.807) is 0 Å². The third-order valence-corrected chi connectivity index (χ3v) is 1.38. The lowest BCUT2D eigenvalue weighted by molar-refractivity contribution is 0.611. The van der Waals surface area contributed by atoms with Crippen molar-refractivity contribution in [3.63, 3.8) is 0 Å². The van der Waals surface area contributed by atoms with E-state index in [1.807, 2.05) is 13.8 Å². The quantitative estimate of drug-likeness (QED) is 0.587. The minimum atomic E-state index is 1.18. The molecule has 0 aromatic carbocycles. The Morgan fingerprint density at radius 2 is 1.45 bits per heavy atom. The summed E-state index contributed by atoms with van der Waals surface area (Å²) in [4.78, 5) is 0. The monoisotopic (exact) mass is 159 g/mol. The Kier molecular flexibility index (Phi) is 20.3. The predicted octanol–water partition coefficient (Wildman–Crippen LogP) is 3.20. The van der Waals surface area contributed by atoms with Crippen LogP contribution in [0.25, 0.3) is 0 Å². The highest BCUT2D eigenvalue weighted by molar-refractivity contribution is 4.45. The zero-order valence-corrected chi connectivity index (χ0v) is 8.74. The summed E-state index contributed by atoms with van der Waals surface area (Å²) in [6.45, 7) is 10.8. The third kappa shape index (κ3) is 17.8. The molecule has 0 saturated carbocycles. The van der Waals surface area contributed by atoms with Gasteiger partial charge in [0.25, 0.3) is 0 Å². The maximum Gasteiger partial charge on any atom is -0.00489 e. The number of nitrogens with one attached hydrogen (secondary N) is 1. The van der Waals surface area contributed by atoms with E-state index in [4.69, 9.17) is 0 Å². The molecule has 0 aliphatic carbocycles. The van der Waals surface area contributed by atoms with Gasteiger partial charge in [-0.05, 0) is 25.9 Å². The number of rotatable bonds is 6. The van der Waals surface area contributed by atoms with Gasteiger partial charge in [-0.15, -0.1) is 0 Å². The lowest BCUT2D eigenvalue weighted by atomic mass is 10.2. The van der Waals surface area contributed by atoms with Crippen LogP contribution in [-0.2, 0) is 0 Å². The van der Waals surface area contributed by atoms with Gasteiger partial charge >= 0.3 is 0 Å². The van der Waals surface area contributed by atoms with Gasteiger partial charge in [0.2, 0.25) is 0 Å². The molecule has 0 spiro atoms. The van der Waals surface area contributed by atoms with Gasteiger partial charge in [-0.2, -0.15) is 0 Å². The van der Waals surface area contributed by atoms with Gasteiger partial charge in [0.15, 0.2) is 0 Å². The highest BCUT2D eigenvalue weighted by atomic mass is 14.8. The summed E-state index contributed by atoms with van der Waals surface area (Å²) >= 11 is 0. The van der Waals surface area contributed by atoms with Crippen LogP contribution >= 0.6 is 0 Å². The molecular formula is C10H25N. The van der Waals surface area contributed by atoms with E-state index >= 15 is 0 Å². The molecule has 1 N–H and O–H groups in total. The zero-order chi connectivity index (χ0) is 8.95. The number of hydrogen-bond acceptors (Lipinski definition) is 1. The van der Waals surface area contributed by atoms with Crippen LogP contribution in [-0.4, -0.2) is 13.1 Å². The summed E-state index contributed by atoms with van der Waals surface area (Å²) < 4.78 is 0. The van der Waals surface area contributed by atoms with Crippen LogP contribution < -0.4 is 5.32 Å². The minimum Gasteiger partial charge on any atom is -0.317 e. The lowest BCUT2D eigenvalue weighted by Gasteiger charge is -1.99. The molecule has 0 aliphatic heterocycles. The van der Waals surface area contributed by atoms with Crippen molar-refractivity contribution in [3.8, 4) is 0 Å². The highest BCUT2D eigenvalue weighted by Gasteiger charge is 1.83. The molecule has 0 amide bonds. The number of unbranched alkanes of at least 4 members (excludes halogenated alkanes) is 2. The van der Waals surface area contributed by atoms with E-state index < -0.39 is 0 Å². The Morgan fingerprint density at radius 3 is 1.91 bits per heavy atom. The second-order valence-corrected chi connectivity index (χ2v) is 2.46. The first-order valence-corrected chi connectivity index (χ1v) is 5.12. The molecule has 1 nitrogen and oxygen atoms in total. The highest BCUT2D eigenvalue weighted by Crippen LogP contribution is 1.90. The van der Waals surface area contributed by atoms with E-state index in [1.165, 1.54) is 38.8 Å². The van der Waals surface area contributed by atoms with Crippen LogP contribution in [0.2, 0.25) is 0 Å². The van der Waals surface area contributed by atoms with Gasteiger partial charge in [-0.1, -0.05) is 40.5 Å². The SMILES string of the molecule is CC.CCCCCNCCC. The van der Waals surface area contributed by atoms with Crippen LogP contribution in [0.4, 0.5) is 0 Å². The van der Waals surface area contributed by atoms with Crippen molar-refractivity contribution in [1.29, 1.82) is 0 Å². The first-order valence-electron chi connectivity index (χ1n) is 5.12. The molecule has 0 fully saturated rings. The van der Waals surface area contributed by atoms with Crippen LogP contribution in [0.5, 0.6) is 0 Å². The lowest BCUT2D eigenvalue weighted by Crippen LogP contribution is -2.15. The molecule has 0 heterocycles. The molecule has 1 heteroatoms. The van der Waals surface area contributed by atoms with E-state index in [0.717, 1.165) is 0 Å². The van der Waals surface area contributed by atoms with Gasteiger partial charge in [-0.3, -0.25) is 0 Å². The maximum absolute atomic E-state index is 3.37. The summed E-state index contributed by atoms with van der Waals surface area (Å²) in [5, 5.41) is 3.37. The fourth-order valence-electron chi connectivity index (χ4n) is 0.802. The molecule has 70 valence electrons. The van der Waals surface area contributed by atoms with Crippen LogP contribution in [0.1, 0.15) is 53.4 Å². The summed E-state index contributed by atoms with van der Waals surface area (Å²) in [5.74, 6) is 0. The Hall–Kier alpha value is -0.0400. The van der Waals surface area contributed by atoms with Crippen molar-refractivity contribution in [2.75, 3.05) is 13.1 Å². The second-order valence-electron chi connectivity index (χ2n) is 2.46. The van der Waals surface area contributed by atoms with Gasteiger partial charge < -0.3 is 5.32 Å². The van der Waals surface area contributed by atoms with Crippen molar-refractivity contribution in [2.24, 2.45) is 0 Å². The smallest absolute Gasteiger partial charge is 0.00489 e. The molecule has 0 radical (unpaired) electrons. The molecule has 0 saturated heterocycles. The first-order chi connectivity index (χ1) is 5.41. The predicted molar refractivity (Wildman–Crippen MR) is 54.0 cm³/mol. The molecule has 0 aromatic rings. The van der Waals surface area contributed by atoms with Crippen molar-refractivity contribution in [3.05, 3.63) is 0 Å². The summed E-state index contributed by atoms with van der Waals surface area (Å²) in [7, 11) is 0. The molecule has 0 rings (SSSR count). The third-order valence-electron chi connectivity index (χ3n) is 1.38. The van der Waals surface area contributed by atoms with Gasteiger partial charge in [0.1, 0.15) is 0 Å². The molecule has 0 aromatic heterocycles. The average molecular weight is 159 g/mol. The van der Waals surface area contributed by atoms with E-state index in [2.05, 4.69) is 19.2 Å². The Bertz CT molecular complexity index is 38.1. The van der Waals surface area contributed by atoms with E-state index in [9.17, 15) is 0 Å². The molecule has 11 heavy (non-hydrogen) atoms. The summed E-state index contributed by atoms with van der Waals surface area (Å²) in [6.07, 6.45) is 5.30. The van der Waals surface area contributed by atoms with E-state index in [-0.39, 0.29) is 0 Å². The van der Waals surface area contributed by atoms with E-state index in [0.29, 0.717) is 0 Å². The topological polar surface area (TPSA) is 12.0 Å².